The van der Waals surface area contributed by atoms with E-state index < -0.39 is 16.7 Å². The minimum Gasteiger partial charge on any atom is -0.298 e. The number of benzene rings is 1. The van der Waals surface area contributed by atoms with Crippen molar-refractivity contribution in [3.63, 3.8) is 0 Å². The van der Waals surface area contributed by atoms with Crippen molar-refractivity contribution in [3.05, 3.63) is 62.0 Å². The summed E-state index contributed by atoms with van der Waals surface area (Å²) in [6.45, 7) is 0. The van der Waals surface area contributed by atoms with Gasteiger partial charge in [-0.15, -0.1) is 0 Å². The molecule has 1 saturated heterocycles. The molecule has 0 aliphatic carbocycles. The Hall–Kier alpha value is -2.62. The van der Waals surface area contributed by atoms with Gasteiger partial charge in [-0.25, -0.2) is 0 Å². The Kier molecular flexibility index (Phi) is 4.62. The summed E-state index contributed by atoms with van der Waals surface area (Å²) in [5.41, 5.74) is 0.280. The predicted octanol–water partition coefficient (Wildman–Crippen LogP) is 3.14. The Bertz CT molecular complexity index is 937. The zero-order chi connectivity index (χ0) is 18.1. The Balaban J connectivity index is 1.98. The minimum atomic E-state index is -0.656. The Labute approximate surface area is 155 Å². The topological polar surface area (TPSA) is 92.6 Å². The second-order valence-corrected chi connectivity index (χ2v) is 6.78. The monoisotopic (exact) mass is 393 g/mol. The number of hydrogen-bond acceptors (Lipinski definition) is 6. The average molecular weight is 394 g/mol. The third kappa shape index (κ3) is 3.43. The van der Waals surface area contributed by atoms with Gasteiger partial charge in [0.25, 0.3) is 11.8 Å². The number of thiophene rings is 1. The van der Waals surface area contributed by atoms with Gasteiger partial charge in [0, 0.05) is 16.0 Å². The molecular weight excluding hydrogens is 386 g/mol. The van der Waals surface area contributed by atoms with Crippen LogP contribution in [0.5, 0.6) is 0 Å². The Morgan fingerprint density at radius 3 is 2.48 bits per heavy atom. The van der Waals surface area contributed by atoms with E-state index in [2.05, 4.69) is 5.32 Å². The molecule has 1 fully saturated rings. The maximum Gasteiger partial charge on any atom is 0.324 e. The molecule has 2 amide bonds. The van der Waals surface area contributed by atoms with Crippen molar-refractivity contribution in [2.45, 2.75) is 0 Å². The third-order valence-corrected chi connectivity index (χ3v) is 4.79. The summed E-state index contributed by atoms with van der Waals surface area (Å²) in [5.74, 6) is -1.27. The molecule has 1 aliphatic heterocycles. The quantitative estimate of drug-likeness (QED) is 0.284. The first kappa shape index (κ1) is 17.2. The standard InChI is InChI=1S/C15H8ClN3O4S2/c16-8-1-3-9(4-2-8)18-14(21)11(13(20)17-15(18)24)7-10-5-6-12(25-10)19(22)23/h1-7H,(H,17,20,24)/b11-7+. The van der Waals surface area contributed by atoms with Gasteiger partial charge < -0.3 is 0 Å². The molecular formula is C15H8ClN3O4S2. The fourth-order valence-corrected chi connectivity index (χ4v) is 3.31. The molecule has 7 nitrogen and oxygen atoms in total. The number of nitro groups is 1. The fourth-order valence-electron chi connectivity index (χ4n) is 2.14. The highest BCUT2D eigenvalue weighted by Crippen LogP contribution is 2.28. The smallest absolute Gasteiger partial charge is 0.298 e. The Morgan fingerprint density at radius 1 is 1.20 bits per heavy atom. The number of nitrogens with zero attached hydrogens (tertiary/aromatic N) is 2. The van der Waals surface area contributed by atoms with E-state index >= 15 is 0 Å². The molecule has 0 spiro atoms. The largest absolute Gasteiger partial charge is 0.324 e. The first-order chi connectivity index (χ1) is 11.9. The lowest BCUT2D eigenvalue weighted by molar-refractivity contribution is -0.380. The van der Waals surface area contributed by atoms with Gasteiger partial charge in [0.1, 0.15) is 5.57 Å². The van der Waals surface area contributed by atoms with Crippen LogP contribution >= 0.6 is 35.2 Å². The van der Waals surface area contributed by atoms with Crippen LogP contribution in [0.1, 0.15) is 4.88 Å². The highest BCUT2D eigenvalue weighted by atomic mass is 35.5. The number of anilines is 1. The molecule has 0 atom stereocenters. The van der Waals surface area contributed by atoms with Crippen molar-refractivity contribution in [2.75, 3.05) is 4.90 Å². The third-order valence-electron chi connectivity index (χ3n) is 3.27. The number of thiocarbonyl (C=S) groups is 1. The number of amides is 2. The minimum absolute atomic E-state index is 0.0494. The van der Waals surface area contributed by atoms with E-state index in [0.717, 1.165) is 11.3 Å². The second-order valence-electron chi connectivity index (χ2n) is 4.87. The average Bonchev–Trinajstić information content (AvgIpc) is 3.02. The normalized spacial score (nSPS) is 16.3. The summed E-state index contributed by atoms with van der Waals surface area (Å²) in [6.07, 6.45) is 1.31. The van der Waals surface area contributed by atoms with Crippen molar-refractivity contribution in [1.82, 2.24) is 5.32 Å². The molecule has 1 aromatic heterocycles. The van der Waals surface area contributed by atoms with Gasteiger partial charge in [-0.3, -0.25) is 29.9 Å². The lowest BCUT2D eigenvalue weighted by Gasteiger charge is -2.28. The SMILES string of the molecule is O=C1NC(=S)N(c2ccc(Cl)cc2)C(=O)/C1=C/c1ccc([N+](=O)[O-])s1. The van der Waals surface area contributed by atoms with Crippen LogP contribution in [0.3, 0.4) is 0 Å². The van der Waals surface area contributed by atoms with Gasteiger partial charge in [0.15, 0.2) is 5.11 Å². The van der Waals surface area contributed by atoms with Crippen LogP contribution in [-0.2, 0) is 9.59 Å². The van der Waals surface area contributed by atoms with Crippen molar-refractivity contribution >= 4 is 68.8 Å². The summed E-state index contributed by atoms with van der Waals surface area (Å²) in [6, 6.07) is 9.15. The molecule has 126 valence electrons. The number of nitrogens with one attached hydrogen (secondary N) is 1. The molecule has 0 radical (unpaired) electrons. The van der Waals surface area contributed by atoms with E-state index in [9.17, 15) is 19.7 Å². The predicted molar refractivity (Wildman–Crippen MR) is 98.6 cm³/mol. The van der Waals surface area contributed by atoms with Crippen LogP contribution < -0.4 is 10.2 Å². The van der Waals surface area contributed by atoms with Crippen molar-refractivity contribution in [2.24, 2.45) is 0 Å². The fraction of sp³-hybridized carbons (Fsp3) is 0. The van der Waals surface area contributed by atoms with Crippen LogP contribution in [0.2, 0.25) is 5.02 Å². The number of carbonyl (C=O) groups is 2. The van der Waals surface area contributed by atoms with E-state index in [4.69, 9.17) is 23.8 Å². The maximum atomic E-state index is 12.7. The highest BCUT2D eigenvalue weighted by molar-refractivity contribution is 7.80. The van der Waals surface area contributed by atoms with Crippen LogP contribution in [-0.4, -0.2) is 21.9 Å². The molecule has 1 aromatic carbocycles. The molecule has 1 aliphatic rings. The number of halogens is 1. The van der Waals surface area contributed by atoms with Gasteiger partial charge in [-0.2, -0.15) is 0 Å². The number of carbonyl (C=O) groups excluding carboxylic acids is 2. The van der Waals surface area contributed by atoms with Gasteiger partial charge in [-0.05, 0) is 48.6 Å². The first-order valence-corrected chi connectivity index (χ1v) is 8.38. The van der Waals surface area contributed by atoms with E-state index in [1.807, 2.05) is 0 Å². The zero-order valence-corrected chi connectivity index (χ0v) is 14.7. The van der Waals surface area contributed by atoms with Gasteiger partial charge in [0.05, 0.1) is 10.6 Å². The van der Waals surface area contributed by atoms with Crippen LogP contribution in [0.25, 0.3) is 6.08 Å². The van der Waals surface area contributed by atoms with Crippen molar-refractivity contribution in [1.29, 1.82) is 0 Å². The van der Waals surface area contributed by atoms with Crippen molar-refractivity contribution < 1.29 is 14.5 Å². The Morgan fingerprint density at radius 2 is 1.88 bits per heavy atom. The van der Waals surface area contributed by atoms with Gasteiger partial charge >= 0.3 is 5.00 Å². The van der Waals surface area contributed by atoms with E-state index in [1.54, 1.807) is 24.3 Å². The van der Waals surface area contributed by atoms with Crippen LogP contribution in [0.4, 0.5) is 10.7 Å². The molecule has 2 heterocycles. The first-order valence-electron chi connectivity index (χ1n) is 6.78. The second kappa shape index (κ2) is 6.71. The molecule has 1 N–H and O–H groups in total. The van der Waals surface area contributed by atoms with Crippen LogP contribution in [0.15, 0.2) is 42.0 Å². The molecule has 10 heteroatoms. The van der Waals surface area contributed by atoms with E-state index in [0.29, 0.717) is 15.6 Å². The van der Waals surface area contributed by atoms with E-state index in [-0.39, 0.29) is 15.7 Å². The molecule has 0 saturated carbocycles. The van der Waals surface area contributed by atoms with Crippen LogP contribution in [0, 0.1) is 10.1 Å². The van der Waals surface area contributed by atoms with Gasteiger partial charge in [0.2, 0.25) is 0 Å². The highest BCUT2D eigenvalue weighted by Gasteiger charge is 2.34. The summed E-state index contributed by atoms with van der Waals surface area (Å²) in [4.78, 5) is 36.6. The summed E-state index contributed by atoms with van der Waals surface area (Å²) >= 11 is 11.8. The van der Waals surface area contributed by atoms with Crippen molar-refractivity contribution in [3.8, 4) is 0 Å². The van der Waals surface area contributed by atoms with Gasteiger partial charge in [-0.1, -0.05) is 22.9 Å². The number of hydrogen-bond donors (Lipinski definition) is 1. The summed E-state index contributed by atoms with van der Waals surface area (Å²) in [7, 11) is 0. The maximum absolute atomic E-state index is 12.7. The lowest BCUT2D eigenvalue weighted by atomic mass is 10.1. The molecule has 25 heavy (non-hydrogen) atoms. The number of rotatable bonds is 3. The molecule has 0 unspecified atom stereocenters. The lowest BCUT2D eigenvalue weighted by Crippen LogP contribution is -2.54. The summed E-state index contributed by atoms with van der Waals surface area (Å²) < 4.78 is 0. The summed E-state index contributed by atoms with van der Waals surface area (Å²) in [5, 5.41) is 13.6. The van der Waals surface area contributed by atoms with E-state index in [1.165, 1.54) is 23.1 Å². The molecule has 2 aromatic rings. The molecule has 0 bridgehead atoms. The zero-order valence-electron chi connectivity index (χ0n) is 12.3. The molecule has 3 rings (SSSR count).